The van der Waals surface area contributed by atoms with Crippen molar-refractivity contribution < 1.29 is 0 Å². The van der Waals surface area contributed by atoms with Crippen molar-refractivity contribution in [2.24, 2.45) is 0 Å². The first-order valence-electron chi connectivity index (χ1n) is 17.7. The van der Waals surface area contributed by atoms with Crippen LogP contribution in [0, 0.1) is 0 Å². The second-order valence-electron chi connectivity index (χ2n) is 13.6. The van der Waals surface area contributed by atoms with Gasteiger partial charge in [0.2, 0.25) is 0 Å². The first-order valence-corrected chi connectivity index (χ1v) is 17.7. The Morgan fingerprint density at radius 2 is 0.686 bits per heavy atom. The monoisotopic (exact) mass is 648 g/mol. The van der Waals surface area contributed by atoms with Crippen LogP contribution in [-0.4, -0.2) is 9.13 Å². The highest BCUT2D eigenvalue weighted by molar-refractivity contribution is 6.12. The van der Waals surface area contributed by atoms with Crippen LogP contribution in [0.25, 0.3) is 77.2 Å². The van der Waals surface area contributed by atoms with Crippen LogP contribution in [0.3, 0.4) is 0 Å². The second kappa shape index (κ2) is 10.9. The minimum absolute atomic E-state index is 0.161. The minimum atomic E-state index is 0.161. The number of rotatable bonds is 4. The topological polar surface area (TPSA) is 9.86 Å². The molecule has 0 spiro atoms. The Bertz CT molecular complexity index is 2890. The van der Waals surface area contributed by atoms with Crippen LogP contribution < -0.4 is 0 Å². The lowest BCUT2D eigenvalue weighted by Gasteiger charge is -2.21. The molecular formula is C49H32N2. The zero-order valence-electron chi connectivity index (χ0n) is 27.9. The first-order chi connectivity index (χ1) is 25.3. The Morgan fingerprint density at radius 3 is 1.25 bits per heavy atom. The summed E-state index contributed by atoms with van der Waals surface area (Å²) >= 11 is 0. The number of hydrogen-bond donors (Lipinski definition) is 0. The third-order valence-electron chi connectivity index (χ3n) is 11.0. The predicted molar refractivity (Wildman–Crippen MR) is 213 cm³/mol. The zero-order chi connectivity index (χ0) is 33.5. The van der Waals surface area contributed by atoms with Gasteiger partial charge in [0.15, 0.2) is 0 Å². The average molecular weight is 649 g/mol. The van der Waals surface area contributed by atoms with Gasteiger partial charge >= 0.3 is 0 Å². The van der Waals surface area contributed by atoms with Crippen LogP contribution in [-0.2, 0) is 0 Å². The van der Waals surface area contributed by atoms with E-state index in [4.69, 9.17) is 0 Å². The van der Waals surface area contributed by atoms with Crippen molar-refractivity contribution in [1.29, 1.82) is 0 Å². The van der Waals surface area contributed by atoms with Crippen molar-refractivity contribution in [3.05, 3.63) is 205 Å². The lowest BCUT2D eigenvalue weighted by molar-refractivity contribution is 1.02. The molecule has 0 amide bonds. The van der Waals surface area contributed by atoms with Crippen molar-refractivity contribution >= 4 is 43.6 Å². The number of nitrogens with zero attached hydrogens (tertiary/aromatic N) is 2. The molecule has 2 heterocycles. The number of hydrogen-bond acceptors (Lipinski definition) is 0. The van der Waals surface area contributed by atoms with Crippen molar-refractivity contribution in [3.8, 4) is 33.6 Å². The zero-order valence-corrected chi connectivity index (χ0v) is 27.9. The molecule has 11 rings (SSSR count). The smallest absolute Gasteiger partial charge is 0.0542 e. The second-order valence-corrected chi connectivity index (χ2v) is 13.6. The minimum Gasteiger partial charge on any atom is -0.309 e. The van der Waals surface area contributed by atoms with E-state index in [2.05, 4.69) is 197 Å². The van der Waals surface area contributed by atoms with Crippen molar-refractivity contribution in [2.45, 2.75) is 5.92 Å². The maximum absolute atomic E-state index is 2.48. The number of fused-ring (bicyclic) bond motifs is 9. The van der Waals surface area contributed by atoms with Gasteiger partial charge in [0.1, 0.15) is 0 Å². The summed E-state index contributed by atoms with van der Waals surface area (Å²) in [5.41, 5.74) is 16.4. The summed E-state index contributed by atoms with van der Waals surface area (Å²) in [7, 11) is 0. The Morgan fingerprint density at radius 1 is 0.294 bits per heavy atom. The summed E-state index contributed by atoms with van der Waals surface area (Å²) < 4.78 is 4.89. The van der Waals surface area contributed by atoms with Crippen LogP contribution in [0.5, 0.6) is 0 Å². The SMILES string of the molecule is c1ccc2c(c1)-c1ccccc1C2c1ccccc1-c1ccccc1-n1c2ccccc2c2cc(-n3c4ccccc4c4ccccc43)ccc21. The van der Waals surface area contributed by atoms with E-state index >= 15 is 0 Å². The number of aromatic nitrogens is 2. The van der Waals surface area contributed by atoms with Gasteiger partial charge in [-0.05, 0) is 75.8 Å². The van der Waals surface area contributed by atoms with E-state index in [9.17, 15) is 0 Å². The average Bonchev–Trinajstić information content (AvgIpc) is 3.83. The maximum Gasteiger partial charge on any atom is 0.0542 e. The molecule has 10 aromatic rings. The van der Waals surface area contributed by atoms with Crippen molar-refractivity contribution in [2.75, 3.05) is 0 Å². The fourth-order valence-corrected chi connectivity index (χ4v) is 8.94. The Balaban J connectivity index is 1.14. The molecule has 1 aliphatic rings. The fourth-order valence-electron chi connectivity index (χ4n) is 8.94. The third-order valence-corrected chi connectivity index (χ3v) is 11.0. The summed E-state index contributed by atoms with van der Waals surface area (Å²) in [6.07, 6.45) is 0. The lowest BCUT2D eigenvalue weighted by Crippen LogP contribution is -2.04. The van der Waals surface area contributed by atoms with Gasteiger partial charge in [-0.25, -0.2) is 0 Å². The first kappa shape index (κ1) is 28.2. The van der Waals surface area contributed by atoms with Gasteiger partial charge in [-0.2, -0.15) is 0 Å². The van der Waals surface area contributed by atoms with Crippen LogP contribution in [0.1, 0.15) is 22.6 Å². The predicted octanol–water partition coefficient (Wildman–Crippen LogP) is 12.7. The van der Waals surface area contributed by atoms with Gasteiger partial charge in [-0.15, -0.1) is 0 Å². The van der Waals surface area contributed by atoms with E-state index in [0.29, 0.717) is 0 Å². The van der Waals surface area contributed by atoms with Gasteiger partial charge in [0, 0.05) is 38.7 Å². The highest BCUT2D eigenvalue weighted by Gasteiger charge is 2.31. The van der Waals surface area contributed by atoms with Crippen LogP contribution in [0.15, 0.2) is 188 Å². The van der Waals surface area contributed by atoms with E-state index in [1.165, 1.54) is 93.9 Å². The number of benzene rings is 8. The molecule has 2 aromatic heterocycles. The summed E-state index contributed by atoms with van der Waals surface area (Å²) in [6, 6.07) is 69.2. The molecule has 8 aromatic carbocycles. The maximum atomic E-state index is 2.48. The van der Waals surface area contributed by atoms with Crippen LogP contribution >= 0.6 is 0 Å². The normalized spacial score (nSPS) is 12.6. The Labute approximate surface area is 296 Å². The quantitative estimate of drug-likeness (QED) is 0.180. The largest absolute Gasteiger partial charge is 0.309 e. The molecule has 0 N–H and O–H groups in total. The third kappa shape index (κ3) is 4.05. The van der Waals surface area contributed by atoms with E-state index in [1.807, 2.05) is 0 Å². The molecule has 0 fully saturated rings. The van der Waals surface area contributed by atoms with Gasteiger partial charge in [0.05, 0.1) is 27.8 Å². The fraction of sp³-hybridized carbons (Fsp3) is 0.0204. The Hall–Kier alpha value is -6.64. The molecule has 0 atom stereocenters. The molecule has 0 saturated carbocycles. The van der Waals surface area contributed by atoms with Gasteiger partial charge in [-0.1, -0.05) is 146 Å². The summed E-state index contributed by atoms with van der Waals surface area (Å²) in [4.78, 5) is 0. The molecule has 2 heteroatoms. The highest BCUT2D eigenvalue weighted by Crippen LogP contribution is 2.50. The van der Waals surface area contributed by atoms with E-state index in [1.54, 1.807) is 0 Å². The summed E-state index contributed by atoms with van der Waals surface area (Å²) in [5, 5.41) is 5.04. The van der Waals surface area contributed by atoms with Gasteiger partial charge in [0.25, 0.3) is 0 Å². The highest BCUT2D eigenvalue weighted by atomic mass is 15.0. The lowest BCUT2D eigenvalue weighted by atomic mass is 9.84. The van der Waals surface area contributed by atoms with Crippen molar-refractivity contribution in [1.82, 2.24) is 9.13 Å². The molecule has 0 unspecified atom stereocenters. The molecule has 1 aliphatic carbocycles. The molecule has 0 bridgehead atoms. The van der Waals surface area contributed by atoms with Gasteiger partial charge < -0.3 is 9.13 Å². The van der Waals surface area contributed by atoms with E-state index < -0.39 is 0 Å². The molecule has 0 saturated heterocycles. The van der Waals surface area contributed by atoms with Crippen molar-refractivity contribution in [3.63, 3.8) is 0 Å². The molecule has 51 heavy (non-hydrogen) atoms. The molecule has 2 nitrogen and oxygen atoms in total. The van der Waals surface area contributed by atoms with E-state index in [-0.39, 0.29) is 5.92 Å². The van der Waals surface area contributed by atoms with Gasteiger partial charge in [-0.3, -0.25) is 0 Å². The molecule has 238 valence electrons. The molecule has 0 radical (unpaired) electrons. The Kier molecular flexibility index (Phi) is 6.05. The molecular weight excluding hydrogens is 617 g/mol. The summed E-state index contributed by atoms with van der Waals surface area (Å²) in [6.45, 7) is 0. The van der Waals surface area contributed by atoms with Crippen LogP contribution in [0.4, 0.5) is 0 Å². The van der Waals surface area contributed by atoms with Crippen LogP contribution in [0.2, 0.25) is 0 Å². The standard InChI is InChI=1S/C49H32N2/c1-4-22-40-33(15-1)34-16-2-5-23-41(34)49(40)42-24-6-3-17-35(42)36-18-7-13-27-46(36)51-47-28-14-10-21-39(47)43-31-32(29-30-48(43)51)50-44-25-11-8-19-37(44)38-20-9-12-26-45(38)50/h1-31,49H. The number of para-hydroxylation sites is 4. The van der Waals surface area contributed by atoms with E-state index in [0.717, 1.165) is 0 Å². The molecule has 0 aliphatic heterocycles. The summed E-state index contributed by atoms with van der Waals surface area (Å²) in [5.74, 6) is 0.161.